The predicted octanol–water partition coefficient (Wildman–Crippen LogP) is 5.27. The molecule has 3 aromatic rings. The summed E-state index contributed by atoms with van der Waals surface area (Å²) in [5.74, 6) is 1.71. The molecule has 0 aliphatic rings. The van der Waals surface area contributed by atoms with E-state index >= 15 is 0 Å². The molecule has 0 saturated carbocycles. The Labute approximate surface area is 153 Å². The number of nitrogens with one attached hydrogen (secondary N) is 2. The summed E-state index contributed by atoms with van der Waals surface area (Å²) in [4.78, 5) is 8.94. The third-order valence-electron chi connectivity index (χ3n) is 3.95. The minimum Gasteiger partial charge on any atom is -0.340 e. The minimum absolute atomic E-state index is 0.487. The molecule has 0 unspecified atom stereocenters. The largest absolute Gasteiger partial charge is 0.340 e. The molecule has 0 saturated heterocycles. The number of nitriles is 1. The molecule has 2 N–H and O–H groups in total. The Morgan fingerprint density at radius 1 is 0.923 bits per heavy atom. The normalized spacial score (nSPS) is 10.4. The summed E-state index contributed by atoms with van der Waals surface area (Å²) in [6.45, 7) is 6.27. The van der Waals surface area contributed by atoms with Gasteiger partial charge < -0.3 is 10.6 Å². The van der Waals surface area contributed by atoms with Gasteiger partial charge in [0.2, 0.25) is 5.95 Å². The lowest BCUT2D eigenvalue weighted by atomic mass is 10.0. The molecule has 2 aromatic carbocycles. The standard InChI is InChI=1S/C21H21N5/c1-14(2)17-7-9-18(10-8-17)24-20-11-15(3)23-21(26-20)25-19-6-4-5-16(12-19)13-22/h4-12,14H,1-3H3,(H2,23,24,25,26). The molecule has 0 aliphatic heterocycles. The third kappa shape index (κ3) is 4.37. The van der Waals surface area contributed by atoms with Gasteiger partial charge >= 0.3 is 0 Å². The second-order valence-corrected chi connectivity index (χ2v) is 6.44. The first-order chi connectivity index (χ1) is 12.5. The van der Waals surface area contributed by atoms with E-state index in [4.69, 9.17) is 5.26 Å². The Hall–Kier alpha value is -3.39. The zero-order valence-corrected chi connectivity index (χ0v) is 15.1. The van der Waals surface area contributed by atoms with Crippen LogP contribution in [-0.4, -0.2) is 9.97 Å². The van der Waals surface area contributed by atoms with Crippen molar-refractivity contribution in [2.75, 3.05) is 10.6 Å². The van der Waals surface area contributed by atoms with Crippen molar-refractivity contribution in [3.63, 3.8) is 0 Å². The quantitative estimate of drug-likeness (QED) is 0.660. The van der Waals surface area contributed by atoms with Crippen LogP contribution >= 0.6 is 0 Å². The average molecular weight is 343 g/mol. The zero-order chi connectivity index (χ0) is 18.5. The first-order valence-electron chi connectivity index (χ1n) is 8.53. The van der Waals surface area contributed by atoms with Crippen molar-refractivity contribution in [1.82, 2.24) is 9.97 Å². The molecule has 0 spiro atoms. The molecule has 130 valence electrons. The van der Waals surface area contributed by atoms with Crippen molar-refractivity contribution >= 4 is 23.1 Å². The second-order valence-electron chi connectivity index (χ2n) is 6.44. The summed E-state index contributed by atoms with van der Waals surface area (Å²) in [5.41, 5.74) is 4.49. The molecule has 0 amide bonds. The smallest absolute Gasteiger partial charge is 0.229 e. The van der Waals surface area contributed by atoms with Crippen LogP contribution in [0.4, 0.5) is 23.1 Å². The van der Waals surface area contributed by atoms with Crippen LogP contribution in [0.2, 0.25) is 0 Å². The lowest BCUT2D eigenvalue weighted by molar-refractivity contribution is 0.867. The Balaban J connectivity index is 1.80. The van der Waals surface area contributed by atoms with E-state index in [1.54, 1.807) is 12.1 Å². The molecule has 3 rings (SSSR count). The summed E-state index contributed by atoms with van der Waals surface area (Å²) >= 11 is 0. The van der Waals surface area contributed by atoms with Crippen LogP contribution in [0.15, 0.2) is 54.6 Å². The maximum atomic E-state index is 9.02. The SMILES string of the molecule is Cc1cc(Nc2ccc(C(C)C)cc2)nc(Nc2cccc(C#N)c2)n1. The number of hydrogen-bond donors (Lipinski definition) is 2. The Morgan fingerprint density at radius 3 is 2.38 bits per heavy atom. The highest BCUT2D eigenvalue weighted by Gasteiger charge is 2.05. The number of aromatic nitrogens is 2. The fourth-order valence-corrected chi connectivity index (χ4v) is 2.58. The van der Waals surface area contributed by atoms with Crippen molar-refractivity contribution in [3.8, 4) is 6.07 Å². The molecule has 5 nitrogen and oxygen atoms in total. The summed E-state index contributed by atoms with van der Waals surface area (Å²) in [6.07, 6.45) is 0. The van der Waals surface area contributed by atoms with Gasteiger partial charge in [-0.15, -0.1) is 0 Å². The first-order valence-corrected chi connectivity index (χ1v) is 8.53. The number of rotatable bonds is 5. The predicted molar refractivity (Wildman–Crippen MR) is 105 cm³/mol. The second kappa shape index (κ2) is 7.66. The van der Waals surface area contributed by atoms with Gasteiger partial charge in [0.05, 0.1) is 11.6 Å². The number of hydrogen-bond acceptors (Lipinski definition) is 5. The van der Waals surface area contributed by atoms with Gasteiger partial charge in [0.1, 0.15) is 5.82 Å². The van der Waals surface area contributed by atoms with Gasteiger partial charge in [-0.3, -0.25) is 0 Å². The molecule has 1 heterocycles. The average Bonchev–Trinajstić information content (AvgIpc) is 2.62. The van der Waals surface area contributed by atoms with Gasteiger partial charge in [0, 0.05) is 23.1 Å². The number of aryl methyl sites for hydroxylation is 1. The van der Waals surface area contributed by atoms with Gasteiger partial charge in [-0.1, -0.05) is 32.0 Å². The molecule has 26 heavy (non-hydrogen) atoms. The van der Waals surface area contributed by atoms with Crippen LogP contribution in [0.1, 0.15) is 36.6 Å². The van der Waals surface area contributed by atoms with Crippen molar-refractivity contribution in [2.45, 2.75) is 26.7 Å². The molecule has 0 aliphatic carbocycles. The van der Waals surface area contributed by atoms with Crippen LogP contribution in [0.5, 0.6) is 0 Å². The molecular weight excluding hydrogens is 322 g/mol. The minimum atomic E-state index is 0.487. The topological polar surface area (TPSA) is 73.6 Å². The lowest BCUT2D eigenvalue weighted by Gasteiger charge is -2.11. The van der Waals surface area contributed by atoms with E-state index in [-0.39, 0.29) is 0 Å². The fourth-order valence-electron chi connectivity index (χ4n) is 2.58. The Kier molecular flexibility index (Phi) is 5.14. The highest BCUT2D eigenvalue weighted by atomic mass is 15.1. The van der Waals surface area contributed by atoms with E-state index in [1.165, 1.54) is 5.56 Å². The Morgan fingerprint density at radius 2 is 1.69 bits per heavy atom. The maximum Gasteiger partial charge on any atom is 0.229 e. The zero-order valence-electron chi connectivity index (χ0n) is 15.1. The van der Waals surface area contributed by atoms with Gasteiger partial charge in [-0.25, -0.2) is 4.98 Å². The van der Waals surface area contributed by atoms with Gasteiger partial charge in [0.15, 0.2) is 0 Å². The fraction of sp³-hybridized carbons (Fsp3) is 0.190. The van der Waals surface area contributed by atoms with Crippen molar-refractivity contribution < 1.29 is 0 Å². The van der Waals surface area contributed by atoms with Crippen LogP contribution in [0, 0.1) is 18.3 Å². The molecule has 1 aromatic heterocycles. The first kappa shape index (κ1) is 17.4. The molecule has 0 atom stereocenters. The number of anilines is 4. The van der Waals surface area contributed by atoms with Crippen molar-refractivity contribution in [1.29, 1.82) is 5.26 Å². The number of nitrogens with zero attached hydrogens (tertiary/aromatic N) is 3. The monoisotopic (exact) mass is 343 g/mol. The van der Waals surface area contributed by atoms with Crippen LogP contribution in [-0.2, 0) is 0 Å². The van der Waals surface area contributed by atoms with Crippen molar-refractivity contribution in [2.24, 2.45) is 0 Å². The van der Waals surface area contributed by atoms with E-state index in [0.717, 1.165) is 17.1 Å². The summed E-state index contributed by atoms with van der Waals surface area (Å²) in [5, 5.41) is 15.5. The van der Waals surface area contributed by atoms with Gasteiger partial charge in [-0.05, 0) is 48.7 Å². The van der Waals surface area contributed by atoms with E-state index in [0.29, 0.717) is 23.2 Å². The highest BCUT2D eigenvalue weighted by Crippen LogP contribution is 2.22. The van der Waals surface area contributed by atoms with Crippen LogP contribution in [0.25, 0.3) is 0 Å². The van der Waals surface area contributed by atoms with Crippen LogP contribution in [0.3, 0.4) is 0 Å². The highest BCUT2D eigenvalue weighted by molar-refractivity contribution is 5.61. The summed E-state index contributed by atoms with van der Waals surface area (Å²) in [6, 6.07) is 19.6. The third-order valence-corrected chi connectivity index (χ3v) is 3.95. The van der Waals surface area contributed by atoms with Crippen LogP contribution < -0.4 is 10.6 Å². The van der Waals surface area contributed by atoms with E-state index in [9.17, 15) is 0 Å². The summed E-state index contributed by atoms with van der Waals surface area (Å²) < 4.78 is 0. The molecule has 0 fully saturated rings. The van der Waals surface area contributed by atoms with Crippen molar-refractivity contribution in [3.05, 3.63) is 71.4 Å². The molecule has 5 heteroatoms. The van der Waals surface area contributed by atoms with E-state index < -0.39 is 0 Å². The molecule has 0 bridgehead atoms. The van der Waals surface area contributed by atoms with E-state index in [2.05, 4.69) is 64.8 Å². The summed E-state index contributed by atoms with van der Waals surface area (Å²) in [7, 11) is 0. The van der Waals surface area contributed by atoms with Gasteiger partial charge in [-0.2, -0.15) is 10.2 Å². The Bertz CT molecular complexity index is 939. The molecule has 0 radical (unpaired) electrons. The maximum absolute atomic E-state index is 9.02. The van der Waals surface area contributed by atoms with Gasteiger partial charge in [0.25, 0.3) is 0 Å². The lowest BCUT2D eigenvalue weighted by Crippen LogP contribution is -2.02. The number of benzene rings is 2. The molecular formula is C21H21N5. The van der Waals surface area contributed by atoms with E-state index in [1.807, 2.05) is 25.1 Å².